The van der Waals surface area contributed by atoms with Crippen LogP contribution in [0.25, 0.3) is 0 Å². The predicted molar refractivity (Wildman–Crippen MR) is 165 cm³/mol. The molecule has 0 spiro atoms. The van der Waals surface area contributed by atoms with Crippen LogP contribution < -0.4 is 5.73 Å². The molecule has 0 aliphatic heterocycles. The van der Waals surface area contributed by atoms with Gasteiger partial charge in [0.1, 0.15) is 12.6 Å². The number of esters is 2. The Balaban J connectivity index is 5.05. The molecule has 0 amide bonds. The lowest BCUT2D eigenvalue weighted by atomic mass is 9.98. The standard InChI is InChI=1S/C30H40F18NO10P/c31-23(32,25(35,36)27(39,40)29(43,44)45)13-9-5-1-3-7-11-20(50)56-15-18(16-57-60(54,55)58-17-19(49)22(52)53)59-21(51)12-8-4-2-6-10-14-24(33,34)26(37,38)28(41,42)30(46,47)48/h18-19H,1-17,49H2,(H,52,53)(H,54,55). The zero-order valence-corrected chi connectivity index (χ0v) is 31.6. The lowest BCUT2D eigenvalue weighted by Gasteiger charge is -2.33. The van der Waals surface area contributed by atoms with E-state index < -0.39 is 151 Å². The first-order chi connectivity index (χ1) is 26.9. The predicted octanol–water partition coefficient (Wildman–Crippen LogP) is 9.38. The fourth-order valence-electron chi connectivity index (χ4n) is 4.50. The number of carbonyl (C=O) groups is 3. The van der Waals surface area contributed by atoms with E-state index in [9.17, 15) is 103 Å². The van der Waals surface area contributed by atoms with E-state index in [2.05, 4.69) is 9.05 Å². The van der Waals surface area contributed by atoms with Crippen LogP contribution in [0.2, 0.25) is 0 Å². The highest BCUT2D eigenvalue weighted by atomic mass is 31.2. The zero-order valence-electron chi connectivity index (χ0n) is 30.7. The second kappa shape index (κ2) is 22.5. The highest BCUT2D eigenvalue weighted by Gasteiger charge is 2.82. The number of aliphatic carboxylic acids is 1. The molecule has 0 aromatic carbocycles. The minimum atomic E-state index is -7.04. The maximum absolute atomic E-state index is 13.6. The molecule has 0 bridgehead atoms. The molecule has 0 saturated carbocycles. The number of hydrogen-bond acceptors (Lipinski definition) is 9. The number of carbonyl (C=O) groups excluding carboxylic acids is 2. The number of alkyl halides is 18. The second-order valence-corrected chi connectivity index (χ2v) is 14.5. The van der Waals surface area contributed by atoms with Crippen molar-refractivity contribution in [1.29, 1.82) is 0 Å². The summed E-state index contributed by atoms with van der Waals surface area (Å²) < 4.78 is 264. The fourth-order valence-corrected chi connectivity index (χ4v) is 5.28. The van der Waals surface area contributed by atoms with Crippen LogP contribution in [-0.4, -0.2) is 108 Å². The Morgan fingerprint density at radius 2 is 0.867 bits per heavy atom. The van der Waals surface area contributed by atoms with Gasteiger partial charge in [0.2, 0.25) is 0 Å². The minimum Gasteiger partial charge on any atom is -0.480 e. The third kappa shape index (κ3) is 16.8. The van der Waals surface area contributed by atoms with Crippen molar-refractivity contribution in [1.82, 2.24) is 0 Å². The summed E-state index contributed by atoms with van der Waals surface area (Å²) in [5, 5.41) is 8.73. The Morgan fingerprint density at radius 3 is 1.25 bits per heavy atom. The molecule has 3 unspecified atom stereocenters. The Kier molecular flexibility index (Phi) is 21.5. The maximum atomic E-state index is 13.6. The normalized spacial score (nSPS) is 15.9. The summed E-state index contributed by atoms with van der Waals surface area (Å²) in [7, 11) is -5.12. The lowest BCUT2D eigenvalue weighted by molar-refractivity contribution is -0.396. The van der Waals surface area contributed by atoms with Gasteiger partial charge in [0.05, 0.1) is 13.2 Å². The number of hydrogen-bond donors (Lipinski definition) is 3. The first-order valence-electron chi connectivity index (χ1n) is 17.3. The van der Waals surface area contributed by atoms with Gasteiger partial charge in [0.15, 0.2) is 6.10 Å². The SMILES string of the molecule is NC(COP(=O)(O)OCC(COC(=O)CCCCCCCC(F)(F)C(F)(F)C(F)(F)C(F)(F)F)OC(=O)CCCCCCCC(F)(F)C(F)(F)C(F)(F)C(F)(F)F)C(=O)O. The topological polar surface area (TPSA) is 172 Å². The average Bonchev–Trinajstić information content (AvgIpc) is 3.09. The van der Waals surface area contributed by atoms with E-state index in [0.29, 0.717) is 0 Å². The molecule has 0 heterocycles. The highest BCUT2D eigenvalue weighted by Crippen LogP contribution is 2.55. The van der Waals surface area contributed by atoms with Crippen molar-refractivity contribution in [2.24, 2.45) is 5.73 Å². The summed E-state index contributed by atoms with van der Waals surface area (Å²) in [6, 6.07) is -1.80. The van der Waals surface area contributed by atoms with Gasteiger partial charge in [-0.25, -0.2) is 4.57 Å². The summed E-state index contributed by atoms with van der Waals surface area (Å²) in [5.41, 5.74) is 5.13. The average molecular weight is 948 g/mol. The largest absolute Gasteiger partial charge is 0.480 e. The molecule has 0 fully saturated rings. The van der Waals surface area contributed by atoms with Gasteiger partial charge in [-0.1, -0.05) is 38.5 Å². The first-order valence-corrected chi connectivity index (χ1v) is 18.8. The van der Waals surface area contributed by atoms with Crippen molar-refractivity contribution < 1.29 is 126 Å². The number of unbranched alkanes of at least 4 members (excludes halogenated alkanes) is 8. The summed E-state index contributed by atoms with van der Waals surface area (Å²) >= 11 is 0. The van der Waals surface area contributed by atoms with Crippen molar-refractivity contribution >= 4 is 25.7 Å². The van der Waals surface area contributed by atoms with Gasteiger partial charge in [-0.2, -0.15) is 79.0 Å². The van der Waals surface area contributed by atoms with Crippen LogP contribution in [0.3, 0.4) is 0 Å². The van der Waals surface area contributed by atoms with Gasteiger partial charge >= 0.3 is 73.6 Å². The molecule has 356 valence electrons. The molecule has 0 radical (unpaired) electrons. The number of rotatable bonds is 30. The number of phosphoric acid groups is 1. The number of halogens is 18. The van der Waals surface area contributed by atoms with Gasteiger partial charge < -0.3 is 25.2 Å². The van der Waals surface area contributed by atoms with Crippen LogP contribution in [0, 0.1) is 0 Å². The molecule has 3 atom stereocenters. The van der Waals surface area contributed by atoms with Crippen molar-refractivity contribution in [2.75, 3.05) is 19.8 Å². The van der Waals surface area contributed by atoms with E-state index in [1.54, 1.807) is 0 Å². The van der Waals surface area contributed by atoms with Gasteiger partial charge in [-0.3, -0.25) is 23.4 Å². The van der Waals surface area contributed by atoms with Crippen molar-refractivity contribution in [3.05, 3.63) is 0 Å². The van der Waals surface area contributed by atoms with Crippen LogP contribution in [0.4, 0.5) is 79.0 Å². The monoisotopic (exact) mass is 947 g/mol. The number of carboxylic acid groups (broad SMARTS) is 1. The number of phosphoric ester groups is 1. The van der Waals surface area contributed by atoms with E-state index in [-0.39, 0.29) is 44.9 Å². The summed E-state index contributed by atoms with van der Waals surface area (Å²) in [5.74, 6) is -43.0. The van der Waals surface area contributed by atoms with E-state index in [4.69, 9.17) is 20.3 Å². The summed E-state index contributed by atoms with van der Waals surface area (Å²) in [4.78, 5) is 45.0. The molecular weight excluding hydrogens is 907 g/mol. The first kappa shape index (κ1) is 57.2. The van der Waals surface area contributed by atoms with E-state index in [1.807, 2.05) is 0 Å². The van der Waals surface area contributed by atoms with Gasteiger partial charge in [0, 0.05) is 25.7 Å². The molecule has 30 heteroatoms. The summed E-state index contributed by atoms with van der Waals surface area (Å²) in [6.07, 6.45) is -24.0. The molecule has 0 rings (SSSR count). The lowest BCUT2D eigenvalue weighted by Crippen LogP contribution is -2.60. The number of nitrogens with two attached hydrogens (primary N) is 1. The maximum Gasteiger partial charge on any atom is 0.472 e. The van der Waals surface area contributed by atoms with Gasteiger partial charge in [-0.05, 0) is 25.7 Å². The molecule has 11 nitrogen and oxygen atoms in total. The quantitative estimate of drug-likeness (QED) is 0.0271. The smallest absolute Gasteiger partial charge is 0.472 e. The Bertz CT molecular complexity index is 1420. The molecular formula is C30H40F18NO10P. The molecule has 0 aromatic rings. The van der Waals surface area contributed by atoms with Crippen molar-refractivity contribution in [3.8, 4) is 0 Å². The Hall–Kier alpha value is -2.78. The third-order valence-corrected chi connectivity index (χ3v) is 9.00. The number of ether oxygens (including phenoxy) is 2. The van der Waals surface area contributed by atoms with Crippen molar-refractivity contribution in [3.63, 3.8) is 0 Å². The molecule has 0 aliphatic carbocycles. The van der Waals surface area contributed by atoms with E-state index in [0.717, 1.165) is 0 Å². The van der Waals surface area contributed by atoms with Crippen molar-refractivity contribution in [2.45, 2.75) is 150 Å². The van der Waals surface area contributed by atoms with Crippen LogP contribution in [-0.2, 0) is 37.5 Å². The highest BCUT2D eigenvalue weighted by molar-refractivity contribution is 7.47. The van der Waals surface area contributed by atoms with E-state index in [1.165, 1.54) is 0 Å². The van der Waals surface area contributed by atoms with Crippen LogP contribution >= 0.6 is 7.82 Å². The minimum absolute atomic E-state index is 0.0241. The van der Waals surface area contributed by atoms with Crippen LogP contribution in [0.5, 0.6) is 0 Å². The van der Waals surface area contributed by atoms with Crippen LogP contribution in [0.15, 0.2) is 0 Å². The molecule has 0 saturated heterocycles. The molecule has 60 heavy (non-hydrogen) atoms. The van der Waals surface area contributed by atoms with E-state index >= 15 is 0 Å². The fraction of sp³-hybridized carbons (Fsp3) is 0.900. The molecule has 0 aromatic heterocycles. The third-order valence-electron chi connectivity index (χ3n) is 8.05. The van der Waals surface area contributed by atoms with Gasteiger partial charge in [0.25, 0.3) is 0 Å². The zero-order chi connectivity index (χ0) is 47.2. The summed E-state index contributed by atoms with van der Waals surface area (Å²) in [6.45, 7) is -3.07. The van der Waals surface area contributed by atoms with Crippen LogP contribution in [0.1, 0.15) is 89.9 Å². The Morgan fingerprint density at radius 1 is 0.517 bits per heavy atom. The number of carboxylic acids is 1. The molecule has 4 N–H and O–H groups in total. The Labute approximate surface area is 328 Å². The van der Waals surface area contributed by atoms with Gasteiger partial charge in [-0.15, -0.1) is 0 Å². The molecule has 0 aliphatic rings. The second-order valence-electron chi connectivity index (χ2n) is 13.0.